The van der Waals surface area contributed by atoms with E-state index in [-0.39, 0.29) is 11.5 Å². The molecule has 1 amide bonds. The van der Waals surface area contributed by atoms with E-state index in [1.807, 2.05) is 31.2 Å². The fourth-order valence-corrected chi connectivity index (χ4v) is 3.10. The first-order valence-electron chi connectivity index (χ1n) is 9.06. The van der Waals surface area contributed by atoms with Crippen molar-refractivity contribution in [2.75, 3.05) is 31.6 Å². The molecule has 2 N–H and O–H groups in total. The summed E-state index contributed by atoms with van der Waals surface area (Å²) in [6.07, 6.45) is 0.840. The Balaban J connectivity index is 1.59. The van der Waals surface area contributed by atoms with Gasteiger partial charge in [0.05, 0.1) is 18.8 Å². The third-order valence-corrected chi connectivity index (χ3v) is 4.45. The molecule has 0 spiro atoms. The zero-order valence-electron chi connectivity index (χ0n) is 15.4. The topological polar surface area (TPSA) is 59.6 Å². The number of morpholine rings is 1. The van der Waals surface area contributed by atoms with Crippen LogP contribution in [0.2, 0.25) is 0 Å². The summed E-state index contributed by atoms with van der Waals surface area (Å²) >= 11 is 0. The zero-order valence-corrected chi connectivity index (χ0v) is 15.4. The quantitative estimate of drug-likeness (QED) is 0.836. The number of anilines is 1. The minimum atomic E-state index is -0.175. The van der Waals surface area contributed by atoms with Crippen LogP contribution in [0.15, 0.2) is 48.5 Å². The Bertz CT molecular complexity index is 720. The molecule has 0 bridgehead atoms. The highest BCUT2D eigenvalue weighted by molar-refractivity contribution is 6.04. The van der Waals surface area contributed by atoms with Crippen molar-refractivity contribution in [3.8, 4) is 5.75 Å². The first kappa shape index (κ1) is 18.4. The van der Waals surface area contributed by atoms with Gasteiger partial charge in [0.25, 0.3) is 5.91 Å². The van der Waals surface area contributed by atoms with E-state index in [1.165, 1.54) is 5.56 Å². The van der Waals surface area contributed by atoms with E-state index in [0.717, 1.165) is 37.6 Å². The summed E-state index contributed by atoms with van der Waals surface area (Å²) in [4.78, 5) is 12.4. The van der Waals surface area contributed by atoms with Crippen LogP contribution in [0.25, 0.3) is 0 Å². The maximum atomic E-state index is 12.4. The standard InChI is InChI=1S/C21H26N2O3/c1-3-25-19-10-6-17(7-11-19)20(24)23-18-8-4-16(5-9-18)14-21(2)15-22-12-13-26-21/h4-11,22H,3,12-15H2,1-2H3,(H,23,24)/t21-/m1/s1. The molecule has 0 aliphatic carbocycles. The number of amides is 1. The van der Waals surface area contributed by atoms with Crippen molar-refractivity contribution in [1.29, 1.82) is 0 Å². The summed E-state index contributed by atoms with van der Waals surface area (Å²) in [5.74, 6) is 0.633. The average Bonchev–Trinajstić information content (AvgIpc) is 2.64. The van der Waals surface area contributed by atoms with Gasteiger partial charge in [-0.3, -0.25) is 4.79 Å². The predicted octanol–water partition coefficient (Wildman–Crippen LogP) is 3.26. The minimum Gasteiger partial charge on any atom is -0.494 e. The maximum absolute atomic E-state index is 12.4. The van der Waals surface area contributed by atoms with E-state index < -0.39 is 0 Å². The lowest BCUT2D eigenvalue weighted by atomic mass is 9.95. The fourth-order valence-electron chi connectivity index (χ4n) is 3.10. The van der Waals surface area contributed by atoms with Gasteiger partial charge < -0.3 is 20.1 Å². The fraction of sp³-hybridized carbons (Fsp3) is 0.381. The van der Waals surface area contributed by atoms with Gasteiger partial charge in [0.15, 0.2) is 0 Å². The molecule has 1 fully saturated rings. The maximum Gasteiger partial charge on any atom is 0.255 e. The Labute approximate surface area is 154 Å². The highest BCUT2D eigenvalue weighted by Crippen LogP contribution is 2.21. The third-order valence-electron chi connectivity index (χ3n) is 4.45. The van der Waals surface area contributed by atoms with E-state index in [0.29, 0.717) is 12.2 Å². The number of rotatable bonds is 6. The first-order valence-corrected chi connectivity index (χ1v) is 9.06. The highest BCUT2D eigenvalue weighted by atomic mass is 16.5. The lowest BCUT2D eigenvalue weighted by molar-refractivity contribution is -0.0516. The van der Waals surface area contributed by atoms with Crippen molar-refractivity contribution in [2.24, 2.45) is 0 Å². The van der Waals surface area contributed by atoms with Crippen LogP contribution in [-0.4, -0.2) is 37.8 Å². The van der Waals surface area contributed by atoms with Gasteiger partial charge in [-0.05, 0) is 55.8 Å². The van der Waals surface area contributed by atoms with Gasteiger partial charge in [-0.25, -0.2) is 0 Å². The molecule has 0 aromatic heterocycles. The van der Waals surface area contributed by atoms with Crippen LogP contribution in [0, 0.1) is 0 Å². The number of hydrogen-bond donors (Lipinski definition) is 2. The second-order valence-electron chi connectivity index (χ2n) is 6.76. The molecule has 2 aromatic rings. The Kier molecular flexibility index (Phi) is 5.91. The van der Waals surface area contributed by atoms with Crippen molar-refractivity contribution >= 4 is 11.6 Å². The second kappa shape index (κ2) is 8.34. The Morgan fingerprint density at radius 3 is 2.54 bits per heavy atom. The summed E-state index contributed by atoms with van der Waals surface area (Å²) in [6.45, 7) is 7.17. The molecule has 2 aromatic carbocycles. The van der Waals surface area contributed by atoms with Crippen LogP contribution in [0.4, 0.5) is 5.69 Å². The lowest BCUT2D eigenvalue weighted by Crippen LogP contribution is -2.48. The molecule has 0 saturated carbocycles. The van der Waals surface area contributed by atoms with Crippen molar-refractivity contribution < 1.29 is 14.3 Å². The minimum absolute atomic E-state index is 0.132. The Hall–Kier alpha value is -2.37. The van der Waals surface area contributed by atoms with Crippen LogP contribution < -0.4 is 15.4 Å². The zero-order chi connectivity index (χ0) is 18.4. The lowest BCUT2D eigenvalue weighted by Gasteiger charge is -2.34. The number of carbonyl (C=O) groups excluding carboxylic acids is 1. The number of benzene rings is 2. The second-order valence-corrected chi connectivity index (χ2v) is 6.76. The molecule has 3 rings (SSSR count). The predicted molar refractivity (Wildman–Crippen MR) is 103 cm³/mol. The molecule has 1 saturated heterocycles. The van der Waals surface area contributed by atoms with Crippen molar-refractivity contribution in [1.82, 2.24) is 5.32 Å². The van der Waals surface area contributed by atoms with Crippen LogP contribution in [-0.2, 0) is 11.2 Å². The number of carbonyl (C=O) groups is 1. The molecule has 5 heteroatoms. The smallest absolute Gasteiger partial charge is 0.255 e. The van der Waals surface area contributed by atoms with Gasteiger partial charge in [-0.2, -0.15) is 0 Å². The summed E-state index contributed by atoms with van der Waals surface area (Å²) < 4.78 is 11.3. The average molecular weight is 354 g/mol. The molecule has 138 valence electrons. The highest BCUT2D eigenvalue weighted by Gasteiger charge is 2.27. The molecular weight excluding hydrogens is 328 g/mol. The SMILES string of the molecule is CCOc1ccc(C(=O)Nc2ccc(C[C@]3(C)CNCCO3)cc2)cc1. The molecule has 1 aliphatic rings. The summed E-state index contributed by atoms with van der Waals surface area (Å²) in [6, 6.07) is 15.1. The molecule has 0 radical (unpaired) electrons. The molecule has 5 nitrogen and oxygen atoms in total. The molecule has 0 unspecified atom stereocenters. The van der Waals surface area contributed by atoms with Gasteiger partial charge in [0.2, 0.25) is 0 Å². The third kappa shape index (κ3) is 4.84. The summed E-state index contributed by atoms with van der Waals surface area (Å²) in [5.41, 5.74) is 2.40. The van der Waals surface area contributed by atoms with Crippen molar-refractivity contribution in [2.45, 2.75) is 25.9 Å². The van der Waals surface area contributed by atoms with Gasteiger partial charge in [0.1, 0.15) is 5.75 Å². The van der Waals surface area contributed by atoms with Gasteiger partial charge in [-0.1, -0.05) is 12.1 Å². The van der Waals surface area contributed by atoms with Crippen LogP contribution >= 0.6 is 0 Å². The Morgan fingerprint density at radius 1 is 1.19 bits per heavy atom. The van der Waals surface area contributed by atoms with E-state index in [4.69, 9.17) is 9.47 Å². The number of nitrogens with one attached hydrogen (secondary N) is 2. The van der Waals surface area contributed by atoms with Crippen molar-refractivity contribution in [3.05, 3.63) is 59.7 Å². The van der Waals surface area contributed by atoms with Gasteiger partial charge >= 0.3 is 0 Å². The Morgan fingerprint density at radius 2 is 1.92 bits per heavy atom. The normalized spacial score (nSPS) is 19.8. The molecule has 1 atom stereocenters. The van der Waals surface area contributed by atoms with Crippen LogP contribution in [0.3, 0.4) is 0 Å². The monoisotopic (exact) mass is 354 g/mol. The van der Waals surface area contributed by atoms with Crippen molar-refractivity contribution in [3.63, 3.8) is 0 Å². The van der Waals surface area contributed by atoms with Gasteiger partial charge in [-0.15, -0.1) is 0 Å². The number of hydrogen-bond acceptors (Lipinski definition) is 4. The number of ether oxygens (including phenoxy) is 2. The van der Waals surface area contributed by atoms with E-state index >= 15 is 0 Å². The molecule has 1 heterocycles. The van der Waals surface area contributed by atoms with Crippen LogP contribution in [0.5, 0.6) is 5.75 Å². The summed E-state index contributed by atoms with van der Waals surface area (Å²) in [5, 5.41) is 6.30. The molecular formula is C21H26N2O3. The molecule has 26 heavy (non-hydrogen) atoms. The first-order chi connectivity index (χ1) is 12.6. The van der Waals surface area contributed by atoms with E-state index in [2.05, 4.69) is 17.6 Å². The molecule has 1 aliphatic heterocycles. The van der Waals surface area contributed by atoms with E-state index in [9.17, 15) is 4.79 Å². The van der Waals surface area contributed by atoms with E-state index in [1.54, 1.807) is 24.3 Å². The summed E-state index contributed by atoms with van der Waals surface area (Å²) in [7, 11) is 0. The van der Waals surface area contributed by atoms with Crippen LogP contribution in [0.1, 0.15) is 29.8 Å². The largest absolute Gasteiger partial charge is 0.494 e. The van der Waals surface area contributed by atoms with Gasteiger partial charge in [0, 0.05) is 30.8 Å².